The van der Waals surface area contributed by atoms with Gasteiger partial charge in [-0.15, -0.1) is 0 Å². The van der Waals surface area contributed by atoms with Gasteiger partial charge in [0.1, 0.15) is 12.4 Å². The maximum Gasteiger partial charge on any atom is 0.420 e. The molecule has 0 saturated carbocycles. The Hall–Kier alpha value is -2.98. The van der Waals surface area contributed by atoms with Crippen molar-refractivity contribution >= 4 is 32.8 Å². The fourth-order valence-electron chi connectivity index (χ4n) is 3.37. The van der Waals surface area contributed by atoms with Crippen molar-refractivity contribution in [2.75, 3.05) is 18.4 Å². The first-order valence-corrected chi connectivity index (χ1v) is 10.7. The van der Waals surface area contributed by atoms with Gasteiger partial charge in [-0.2, -0.15) is 4.31 Å². The van der Waals surface area contributed by atoms with Crippen molar-refractivity contribution in [1.29, 1.82) is 0 Å². The molecule has 1 N–H and O–H groups in total. The molecule has 1 aliphatic rings. The molecule has 9 nitrogen and oxygen atoms in total. The first kappa shape index (κ1) is 19.3. The minimum Gasteiger partial charge on any atom is -0.408 e. The number of amides is 1. The van der Waals surface area contributed by atoms with Crippen LogP contribution in [0.4, 0.5) is 5.82 Å². The van der Waals surface area contributed by atoms with E-state index in [1.807, 2.05) is 0 Å². The average molecular weight is 416 g/mol. The molecule has 1 amide bonds. The van der Waals surface area contributed by atoms with Crippen LogP contribution in [0.15, 0.2) is 56.7 Å². The zero-order valence-corrected chi connectivity index (χ0v) is 16.4. The minimum atomic E-state index is -3.65. The maximum absolute atomic E-state index is 12.8. The molecular formula is C19H20N4O5S. The van der Waals surface area contributed by atoms with Crippen molar-refractivity contribution in [3.8, 4) is 0 Å². The zero-order chi connectivity index (χ0) is 20.4. The van der Waals surface area contributed by atoms with Gasteiger partial charge in [0.15, 0.2) is 5.58 Å². The normalized spacial score (nSPS) is 15.4. The Morgan fingerprint density at radius 3 is 2.66 bits per heavy atom. The summed E-state index contributed by atoms with van der Waals surface area (Å²) in [5, 5.41) is 2.60. The van der Waals surface area contributed by atoms with Gasteiger partial charge in [0, 0.05) is 25.4 Å². The highest BCUT2D eigenvalue weighted by Crippen LogP contribution is 2.24. The molecule has 1 aliphatic heterocycles. The molecule has 3 heterocycles. The average Bonchev–Trinajstić information content (AvgIpc) is 3.03. The van der Waals surface area contributed by atoms with Gasteiger partial charge in [-0.1, -0.05) is 12.5 Å². The number of sulfonamides is 1. The Morgan fingerprint density at radius 2 is 1.93 bits per heavy atom. The van der Waals surface area contributed by atoms with Crippen molar-refractivity contribution in [2.24, 2.45) is 0 Å². The number of aromatic nitrogens is 2. The molecule has 0 spiro atoms. The Balaban J connectivity index is 1.60. The molecule has 1 saturated heterocycles. The Bertz CT molecular complexity index is 1190. The smallest absolute Gasteiger partial charge is 0.408 e. The molecule has 4 rings (SSSR count). The molecule has 29 heavy (non-hydrogen) atoms. The van der Waals surface area contributed by atoms with E-state index < -0.39 is 21.7 Å². The number of nitrogens with zero attached hydrogens (tertiary/aromatic N) is 3. The molecule has 0 atom stereocenters. The summed E-state index contributed by atoms with van der Waals surface area (Å²) in [4.78, 5) is 28.6. The lowest BCUT2D eigenvalue weighted by atomic mass is 10.2. The number of oxazole rings is 1. The maximum atomic E-state index is 12.8. The molecule has 0 bridgehead atoms. The summed E-state index contributed by atoms with van der Waals surface area (Å²) in [6.07, 6.45) is 4.22. The highest BCUT2D eigenvalue weighted by molar-refractivity contribution is 7.89. The standard InChI is InChI=1S/C19H20N4O5S/c24-18(21-17-6-2-3-9-20-17)13-23-15-8-7-14(12-16(15)28-19(23)25)29(26,27)22-10-4-1-5-11-22/h2-3,6-9,12H,1,4-5,10-11,13H2,(H,20,21,24). The third-order valence-corrected chi connectivity index (χ3v) is 6.72. The quantitative estimate of drug-likeness (QED) is 0.678. The molecule has 2 aromatic heterocycles. The van der Waals surface area contributed by atoms with Crippen molar-refractivity contribution in [1.82, 2.24) is 13.9 Å². The lowest BCUT2D eigenvalue weighted by Gasteiger charge is -2.25. The van der Waals surface area contributed by atoms with E-state index >= 15 is 0 Å². The first-order chi connectivity index (χ1) is 13.9. The molecule has 3 aromatic rings. The number of piperidine rings is 1. The Kier molecular flexibility index (Phi) is 5.20. The second-order valence-electron chi connectivity index (χ2n) is 6.81. The minimum absolute atomic E-state index is 0.0748. The van der Waals surface area contributed by atoms with Crippen LogP contribution >= 0.6 is 0 Å². The third-order valence-electron chi connectivity index (χ3n) is 4.83. The monoisotopic (exact) mass is 416 g/mol. The van der Waals surface area contributed by atoms with Crippen LogP contribution in [-0.2, 0) is 21.4 Å². The number of carbonyl (C=O) groups excluding carboxylic acids is 1. The highest BCUT2D eigenvalue weighted by Gasteiger charge is 2.27. The van der Waals surface area contributed by atoms with Crippen LogP contribution in [0.1, 0.15) is 19.3 Å². The number of nitrogens with one attached hydrogen (secondary N) is 1. The van der Waals surface area contributed by atoms with E-state index in [-0.39, 0.29) is 17.0 Å². The summed E-state index contributed by atoms with van der Waals surface area (Å²) < 4.78 is 33.5. The van der Waals surface area contributed by atoms with Crippen molar-refractivity contribution in [2.45, 2.75) is 30.7 Å². The topological polar surface area (TPSA) is 115 Å². The van der Waals surface area contributed by atoms with Crippen LogP contribution in [0.25, 0.3) is 11.1 Å². The van der Waals surface area contributed by atoms with Crippen LogP contribution in [-0.4, -0.2) is 41.3 Å². The molecule has 10 heteroatoms. The summed E-state index contributed by atoms with van der Waals surface area (Å²) in [5.74, 6) is -0.810. The second kappa shape index (κ2) is 7.80. The number of anilines is 1. The van der Waals surface area contributed by atoms with Gasteiger partial charge in [-0.3, -0.25) is 9.36 Å². The molecular weight excluding hydrogens is 396 g/mol. The molecule has 0 radical (unpaired) electrons. The number of hydrogen-bond acceptors (Lipinski definition) is 6. The van der Waals surface area contributed by atoms with Gasteiger partial charge >= 0.3 is 5.76 Å². The molecule has 152 valence electrons. The predicted octanol–water partition coefficient (Wildman–Crippen LogP) is 1.80. The van der Waals surface area contributed by atoms with Gasteiger partial charge in [-0.25, -0.2) is 18.2 Å². The van der Waals surface area contributed by atoms with Crippen LogP contribution in [0.5, 0.6) is 0 Å². The summed E-state index contributed by atoms with van der Waals surface area (Å²) >= 11 is 0. The van der Waals surface area contributed by atoms with E-state index in [2.05, 4.69) is 10.3 Å². The van der Waals surface area contributed by atoms with Gasteiger partial charge in [0.25, 0.3) is 0 Å². The number of hydrogen-bond donors (Lipinski definition) is 1. The van der Waals surface area contributed by atoms with Crippen LogP contribution in [0, 0.1) is 0 Å². The van der Waals surface area contributed by atoms with Crippen LogP contribution < -0.4 is 11.1 Å². The second-order valence-corrected chi connectivity index (χ2v) is 8.75. The lowest BCUT2D eigenvalue weighted by molar-refractivity contribution is -0.116. The van der Waals surface area contributed by atoms with Crippen molar-refractivity contribution in [3.05, 3.63) is 53.1 Å². The van der Waals surface area contributed by atoms with Gasteiger partial charge in [0.2, 0.25) is 15.9 Å². The third kappa shape index (κ3) is 3.94. The number of benzene rings is 1. The molecule has 1 aromatic carbocycles. The predicted molar refractivity (Wildman–Crippen MR) is 106 cm³/mol. The number of pyridine rings is 1. The van der Waals surface area contributed by atoms with Crippen LogP contribution in [0.3, 0.4) is 0 Å². The molecule has 1 fully saturated rings. The fraction of sp³-hybridized carbons (Fsp3) is 0.316. The van der Waals surface area contributed by atoms with Gasteiger partial charge < -0.3 is 9.73 Å². The Morgan fingerprint density at radius 1 is 1.14 bits per heavy atom. The largest absolute Gasteiger partial charge is 0.420 e. The zero-order valence-electron chi connectivity index (χ0n) is 15.6. The number of rotatable bonds is 5. The van der Waals surface area contributed by atoms with Crippen molar-refractivity contribution < 1.29 is 17.6 Å². The summed E-state index contributed by atoms with van der Waals surface area (Å²) in [6.45, 7) is 0.693. The molecule has 0 unspecified atom stereocenters. The van der Waals surface area contributed by atoms with Gasteiger partial charge in [-0.05, 0) is 37.1 Å². The van der Waals surface area contributed by atoms with E-state index in [9.17, 15) is 18.0 Å². The van der Waals surface area contributed by atoms with E-state index in [4.69, 9.17) is 4.42 Å². The molecule has 0 aliphatic carbocycles. The summed E-state index contributed by atoms with van der Waals surface area (Å²) in [5.41, 5.74) is 0.475. The van der Waals surface area contributed by atoms with E-state index in [0.29, 0.717) is 24.4 Å². The summed E-state index contributed by atoms with van der Waals surface area (Å²) in [7, 11) is -3.65. The van der Waals surface area contributed by atoms with E-state index in [0.717, 1.165) is 23.8 Å². The van der Waals surface area contributed by atoms with E-state index in [1.165, 1.54) is 22.5 Å². The van der Waals surface area contributed by atoms with Crippen LogP contribution in [0.2, 0.25) is 0 Å². The summed E-state index contributed by atoms with van der Waals surface area (Å²) in [6, 6.07) is 9.35. The van der Waals surface area contributed by atoms with Crippen molar-refractivity contribution in [3.63, 3.8) is 0 Å². The number of carbonyl (C=O) groups is 1. The lowest BCUT2D eigenvalue weighted by Crippen LogP contribution is -2.35. The van der Waals surface area contributed by atoms with Gasteiger partial charge in [0.05, 0.1) is 10.4 Å². The number of fused-ring (bicyclic) bond motifs is 1. The SMILES string of the molecule is O=C(Cn1c(=O)oc2cc(S(=O)(=O)N3CCCCC3)ccc21)Nc1ccccn1. The first-order valence-electron chi connectivity index (χ1n) is 9.29. The highest BCUT2D eigenvalue weighted by atomic mass is 32.2. The fourth-order valence-corrected chi connectivity index (χ4v) is 4.91. The van der Waals surface area contributed by atoms with E-state index in [1.54, 1.807) is 24.4 Å². The Labute approximate surface area is 167 Å².